The molecule has 3 aromatic carbocycles. The second kappa shape index (κ2) is 10.0. The number of non-ortho nitro benzene ring substituents is 1. The molecule has 2 atom stereocenters. The van der Waals surface area contributed by atoms with Gasteiger partial charge in [0, 0.05) is 36.7 Å². The summed E-state index contributed by atoms with van der Waals surface area (Å²) in [5, 5.41) is 14.8. The third-order valence-corrected chi connectivity index (χ3v) is 7.10. The van der Waals surface area contributed by atoms with Crippen molar-refractivity contribution in [1.82, 2.24) is 0 Å². The number of anilines is 2. The van der Waals surface area contributed by atoms with Crippen molar-refractivity contribution < 1.29 is 24.0 Å². The van der Waals surface area contributed by atoms with E-state index in [4.69, 9.17) is 9.47 Å². The van der Waals surface area contributed by atoms with Crippen molar-refractivity contribution >= 4 is 28.8 Å². The number of carbonyl (C=O) groups excluding carboxylic acids is 2. The fourth-order valence-corrected chi connectivity index (χ4v) is 5.40. The molecule has 1 amide bonds. The van der Waals surface area contributed by atoms with Crippen LogP contribution < -0.4 is 19.7 Å². The summed E-state index contributed by atoms with van der Waals surface area (Å²) in [5.74, 6) is 0.415. The Bertz CT molecular complexity index is 1480. The van der Waals surface area contributed by atoms with E-state index in [9.17, 15) is 19.7 Å². The van der Waals surface area contributed by atoms with E-state index in [2.05, 4.69) is 5.32 Å². The number of allylic oxidation sites excluding steroid dienone is 1. The highest BCUT2D eigenvalue weighted by molar-refractivity contribution is 6.06. The fourth-order valence-electron chi connectivity index (χ4n) is 5.40. The SMILES string of the molecule is COc1ccc([C@H]2C3=C(C[C@@H](c4cccc([N+](=O)[O-])c4)CC3=O)Nc3ccccc3N2C(C)=O)cc1OC. The van der Waals surface area contributed by atoms with Gasteiger partial charge in [-0.3, -0.25) is 24.6 Å². The molecule has 1 aliphatic carbocycles. The normalized spacial score (nSPS) is 18.6. The Kier molecular flexibility index (Phi) is 6.59. The lowest BCUT2D eigenvalue weighted by Crippen LogP contribution is -2.37. The Morgan fingerprint density at radius 1 is 0.974 bits per heavy atom. The summed E-state index contributed by atoms with van der Waals surface area (Å²) in [7, 11) is 3.08. The lowest BCUT2D eigenvalue weighted by Gasteiger charge is -2.34. The molecule has 2 aliphatic rings. The Labute approximate surface area is 219 Å². The molecular formula is C29H27N3O6. The van der Waals surface area contributed by atoms with Crippen molar-refractivity contribution in [1.29, 1.82) is 0 Å². The number of nitro groups is 1. The van der Waals surface area contributed by atoms with Gasteiger partial charge in [0.25, 0.3) is 5.69 Å². The number of nitrogens with zero attached hydrogens (tertiary/aromatic N) is 2. The summed E-state index contributed by atoms with van der Waals surface area (Å²) in [6, 6.07) is 18.5. The number of para-hydroxylation sites is 2. The van der Waals surface area contributed by atoms with Crippen molar-refractivity contribution in [3.63, 3.8) is 0 Å². The summed E-state index contributed by atoms with van der Waals surface area (Å²) in [4.78, 5) is 39.7. The summed E-state index contributed by atoms with van der Waals surface area (Å²) in [5.41, 5.74) is 3.94. The molecule has 1 N–H and O–H groups in total. The number of carbonyl (C=O) groups is 2. The number of benzene rings is 3. The van der Waals surface area contributed by atoms with Crippen LogP contribution in [0.5, 0.6) is 11.5 Å². The lowest BCUT2D eigenvalue weighted by atomic mass is 9.78. The molecule has 5 rings (SSSR count). The van der Waals surface area contributed by atoms with Crippen LogP contribution in [0, 0.1) is 10.1 Å². The minimum Gasteiger partial charge on any atom is -0.493 e. The number of methoxy groups -OCH3 is 2. The second-order valence-electron chi connectivity index (χ2n) is 9.32. The quantitative estimate of drug-likeness (QED) is 0.353. The molecule has 3 aromatic rings. The molecule has 9 heteroatoms. The molecule has 38 heavy (non-hydrogen) atoms. The predicted octanol–water partition coefficient (Wildman–Crippen LogP) is 5.53. The first-order chi connectivity index (χ1) is 18.3. The average molecular weight is 514 g/mol. The number of nitrogens with one attached hydrogen (secondary N) is 1. The summed E-state index contributed by atoms with van der Waals surface area (Å²) in [6.07, 6.45) is 0.611. The zero-order valence-corrected chi connectivity index (χ0v) is 21.3. The zero-order chi connectivity index (χ0) is 27.0. The highest BCUT2D eigenvalue weighted by Gasteiger charge is 2.41. The van der Waals surface area contributed by atoms with Crippen LogP contribution >= 0.6 is 0 Å². The molecule has 9 nitrogen and oxygen atoms in total. The van der Waals surface area contributed by atoms with E-state index in [1.165, 1.54) is 26.2 Å². The number of Topliss-reactive ketones (excluding diaryl/α,β-unsaturated/α-hetero) is 1. The lowest BCUT2D eigenvalue weighted by molar-refractivity contribution is -0.384. The number of rotatable bonds is 5. The van der Waals surface area contributed by atoms with Gasteiger partial charge in [0.1, 0.15) is 0 Å². The zero-order valence-electron chi connectivity index (χ0n) is 21.3. The van der Waals surface area contributed by atoms with Crippen LogP contribution in [0.3, 0.4) is 0 Å². The Morgan fingerprint density at radius 3 is 2.45 bits per heavy atom. The van der Waals surface area contributed by atoms with Crippen LogP contribution in [0.2, 0.25) is 0 Å². The number of fused-ring (bicyclic) bond motifs is 1. The first-order valence-corrected chi connectivity index (χ1v) is 12.2. The van der Waals surface area contributed by atoms with Crippen LogP contribution in [0.4, 0.5) is 17.1 Å². The van der Waals surface area contributed by atoms with Crippen molar-refractivity contribution in [2.45, 2.75) is 31.7 Å². The van der Waals surface area contributed by atoms with E-state index in [1.807, 2.05) is 36.4 Å². The maximum absolute atomic E-state index is 13.9. The third kappa shape index (κ3) is 4.36. The largest absolute Gasteiger partial charge is 0.493 e. The number of ether oxygens (including phenoxy) is 2. The molecule has 1 heterocycles. The number of hydrogen-bond donors (Lipinski definition) is 1. The van der Waals surface area contributed by atoms with Crippen LogP contribution in [-0.4, -0.2) is 30.8 Å². The molecule has 194 valence electrons. The van der Waals surface area contributed by atoms with E-state index in [-0.39, 0.29) is 29.7 Å². The van der Waals surface area contributed by atoms with Crippen LogP contribution in [0.1, 0.15) is 42.9 Å². The molecule has 0 spiro atoms. The molecule has 0 saturated carbocycles. The van der Waals surface area contributed by atoms with E-state index < -0.39 is 11.0 Å². The van der Waals surface area contributed by atoms with E-state index in [0.29, 0.717) is 46.1 Å². The van der Waals surface area contributed by atoms with Gasteiger partial charge in [-0.15, -0.1) is 0 Å². The predicted molar refractivity (Wildman–Crippen MR) is 143 cm³/mol. The first kappa shape index (κ1) is 25.0. The summed E-state index contributed by atoms with van der Waals surface area (Å²) < 4.78 is 10.9. The van der Waals surface area contributed by atoms with E-state index in [1.54, 1.807) is 30.2 Å². The molecule has 1 aliphatic heterocycles. The number of amides is 1. The maximum atomic E-state index is 13.9. The third-order valence-electron chi connectivity index (χ3n) is 7.10. The van der Waals surface area contributed by atoms with Crippen LogP contribution in [-0.2, 0) is 9.59 Å². The minimum atomic E-state index is -0.711. The van der Waals surface area contributed by atoms with Crippen LogP contribution in [0.25, 0.3) is 0 Å². The summed E-state index contributed by atoms with van der Waals surface area (Å²) >= 11 is 0. The topological polar surface area (TPSA) is 111 Å². The van der Waals surface area contributed by atoms with Gasteiger partial charge in [0.2, 0.25) is 5.91 Å². The van der Waals surface area contributed by atoms with Gasteiger partial charge in [0.05, 0.1) is 36.6 Å². The number of nitro benzene ring substituents is 1. The minimum absolute atomic E-state index is 0.0140. The van der Waals surface area contributed by atoms with Crippen molar-refractivity contribution in [3.05, 3.63) is 99.2 Å². The first-order valence-electron chi connectivity index (χ1n) is 12.2. The van der Waals surface area contributed by atoms with Gasteiger partial charge < -0.3 is 14.8 Å². The van der Waals surface area contributed by atoms with Crippen molar-refractivity contribution in [2.24, 2.45) is 0 Å². The molecule has 0 unspecified atom stereocenters. The number of ketones is 1. The highest BCUT2D eigenvalue weighted by Crippen LogP contribution is 2.48. The van der Waals surface area contributed by atoms with E-state index in [0.717, 1.165) is 5.56 Å². The van der Waals surface area contributed by atoms with Gasteiger partial charge in [0.15, 0.2) is 17.3 Å². The monoisotopic (exact) mass is 513 g/mol. The average Bonchev–Trinajstić information content (AvgIpc) is 3.07. The Balaban J connectivity index is 1.69. The number of hydrogen-bond acceptors (Lipinski definition) is 7. The molecule has 0 saturated heterocycles. The van der Waals surface area contributed by atoms with E-state index >= 15 is 0 Å². The second-order valence-corrected chi connectivity index (χ2v) is 9.32. The molecule has 0 aromatic heterocycles. The van der Waals surface area contributed by atoms with Crippen molar-refractivity contribution in [2.75, 3.05) is 24.4 Å². The molecular weight excluding hydrogens is 486 g/mol. The summed E-state index contributed by atoms with van der Waals surface area (Å²) in [6.45, 7) is 1.48. The van der Waals surface area contributed by atoms with Gasteiger partial charge in [-0.05, 0) is 47.7 Å². The Morgan fingerprint density at radius 2 is 1.74 bits per heavy atom. The molecule has 0 radical (unpaired) electrons. The highest BCUT2D eigenvalue weighted by atomic mass is 16.6. The van der Waals surface area contributed by atoms with Gasteiger partial charge >= 0.3 is 0 Å². The van der Waals surface area contributed by atoms with Gasteiger partial charge in [-0.2, -0.15) is 0 Å². The van der Waals surface area contributed by atoms with Gasteiger partial charge in [-0.25, -0.2) is 0 Å². The van der Waals surface area contributed by atoms with Crippen LogP contribution in [0.15, 0.2) is 78.0 Å². The smallest absolute Gasteiger partial charge is 0.269 e. The van der Waals surface area contributed by atoms with Gasteiger partial charge in [-0.1, -0.05) is 30.3 Å². The Hall–Kier alpha value is -4.66. The maximum Gasteiger partial charge on any atom is 0.269 e. The molecule has 0 fully saturated rings. The molecule has 0 bridgehead atoms. The fraction of sp³-hybridized carbons (Fsp3) is 0.241. The standard InChI is InChI=1S/C29H27N3O6/c1-17(33)31-24-10-5-4-9-22(24)30-23-14-20(18-7-6-8-21(13-18)32(35)36)15-25(34)28(23)29(31)19-11-12-26(37-2)27(16-19)38-3/h4-13,16,20,29-30H,14-15H2,1-3H3/t20-,29+/m1/s1. The van der Waals surface area contributed by atoms with Crippen molar-refractivity contribution in [3.8, 4) is 11.5 Å².